The average molecular weight is 350 g/mol. The molecule has 2 heterocycles. The molecule has 0 radical (unpaired) electrons. The maximum Gasteiger partial charge on any atom is 0.243 e. The zero-order chi connectivity index (χ0) is 16.4. The fraction of sp³-hybridized carbons (Fsp3) is 0.375. The summed E-state index contributed by atoms with van der Waals surface area (Å²) in [5.41, 5.74) is 1.71. The van der Waals surface area contributed by atoms with E-state index in [9.17, 15) is 13.2 Å². The third-order valence-electron chi connectivity index (χ3n) is 4.07. The van der Waals surface area contributed by atoms with E-state index in [4.69, 9.17) is 0 Å². The lowest BCUT2D eigenvalue weighted by molar-refractivity contribution is 0.0976. The lowest BCUT2D eigenvalue weighted by Crippen LogP contribution is -2.29. The molecule has 1 aliphatic rings. The molecule has 7 heteroatoms. The Labute approximate surface area is 140 Å². The van der Waals surface area contributed by atoms with Crippen molar-refractivity contribution < 1.29 is 13.2 Å². The standard InChI is InChI=1S/C16H18N2O3S2/c1-18(9-7-12-4-3-8-17-10-12)23(20,21)15-11-22-16-13(15)5-2-6-14(16)19/h3-4,8,10-11H,2,5-7,9H2,1H3. The highest BCUT2D eigenvalue weighted by molar-refractivity contribution is 7.89. The molecule has 0 N–H and O–H groups in total. The summed E-state index contributed by atoms with van der Waals surface area (Å²) in [7, 11) is -1.98. The van der Waals surface area contributed by atoms with E-state index in [0.29, 0.717) is 41.1 Å². The van der Waals surface area contributed by atoms with Gasteiger partial charge in [-0.05, 0) is 36.5 Å². The summed E-state index contributed by atoms with van der Waals surface area (Å²) in [6, 6.07) is 3.77. The van der Waals surface area contributed by atoms with Crippen LogP contribution in [0, 0.1) is 0 Å². The molecule has 0 saturated heterocycles. The largest absolute Gasteiger partial charge is 0.293 e. The van der Waals surface area contributed by atoms with Crippen molar-refractivity contribution >= 4 is 27.1 Å². The van der Waals surface area contributed by atoms with Crippen LogP contribution in [0.1, 0.15) is 33.6 Å². The second kappa shape index (κ2) is 6.51. The van der Waals surface area contributed by atoms with Gasteiger partial charge in [0.2, 0.25) is 10.0 Å². The second-order valence-corrected chi connectivity index (χ2v) is 8.52. The number of fused-ring (bicyclic) bond motifs is 1. The van der Waals surface area contributed by atoms with Crippen LogP contribution in [0.4, 0.5) is 0 Å². The van der Waals surface area contributed by atoms with E-state index >= 15 is 0 Å². The number of pyridine rings is 1. The van der Waals surface area contributed by atoms with E-state index < -0.39 is 10.0 Å². The molecule has 2 aromatic heterocycles. The number of hydrogen-bond donors (Lipinski definition) is 0. The molecule has 3 rings (SSSR count). The van der Waals surface area contributed by atoms with Gasteiger partial charge < -0.3 is 0 Å². The Morgan fingerprint density at radius 2 is 2.17 bits per heavy atom. The predicted octanol–water partition coefficient (Wildman–Crippen LogP) is 2.53. The molecule has 2 aromatic rings. The molecule has 122 valence electrons. The van der Waals surface area contributed by atoms with Crippen molar-refractivity contribution in [1.29, 1.82) is 0 Å². The van der Waals surface area contributed by atoms with E-state index in [1.54, 1.807) is 24.8 Å². The lowest BCUT2D eigenvalue weighted by Gasteiger charge is -2.19. The van der Waals surface area contributed by atoms with Crippen LogP contribution in [0.25, 0.3) is 0 Å². The number of carbonyl (C=O) groups is 1. The van der Waals surface area contributed by atoms with Gasteiger partial charge in [-0.1, -0.05) is 6.07 Å². The Morgan fingerprint density at radius 3 is 2.91 bits per heavy atom. The summed E-state index contributed by atoms with van der Waals surface area (Å²) < 4.78 is 27.0. The fourth-order valence-corrected chi connectivity index (χ4v) is 5.55. The van der Waals surface area contributed by atoms with Gasteiger partial charge in [-0.25, -0.2) is 12.7 Å². The summed E-state index contributed by atoms with van der Waals surface area (Å²) in [6.07, 6.45) is 5.95. The molecule has 0 saturated carbocycles. The van der Waals surface area contributed by atoms with Gasteiger partial charge in [-0.3, -0.25) is 9.78 Å². The van der Waals surface area contributed by atoms with Crippen molar-refractivity contribution in [3.8, 4) is 0 Å². The van der Waals surface area contributed by atoms with Gasteiger partial charge in [0.1, 0.15) is 0 Å². The van der Waals surface area contributed by atoms with Crippen LogP contribution in [0.5, 0.6) is 0 Å². The molecule has 0 atom stereocenters. The summed E-state index contributed by atoms with van der Waals surface area (Å²) in [6.45, 7) is 0.382. The lowest BCUT2D eigenvalue weighted by atomic mass is 9.98. The molecule has 0 bridgehead atoms. The highest BCUT2D eigenvalue weighted by Crippen LogP contribution is 2.34. The zero-order valence-electron chi connectivity index (χ0n) is 12.9. The molecule has 0 aromatic carbocycles. The van der Waals surface area contributed by atoms with Gasteiger partial charge in [-0.2, -0.15) is 0 Å². The van der Waals surface area contributed by atoms with Crippen LogP contribution < -0.4 is 0 Å². The number of ketones is 1. The summed E-state index contributed by atoms with van der Waals surface area (Å²) in [4.78, 5) is 16.9. The fourth-order valence-electron chi connectivity index (χ4n) is 2.71. The molecule has 0 fully saturated rings. The minimum atomic E-state index is -3.56. The van der Waals surface area contributed by atoms with Crippen molar-refractivity contribution in [3.05, 3.63) is 45.9 Å². The van der Waals surface area contributed by atoms with Crippen LogP contribution in [0.3, 0.4) is 0 Å². The monoisotopic (exact) mass is 350 g/mol. The first-order chi connectivity index (χ1) is 11.0. The Kier molecular flexibility index (Phi) is 4.61. The Morgan fingerprint density at radius 1 is 1.35 bits per heavy atom. The van der Waals surface area contributed by atoms with Crippen molar-refractivity contribution in [2.45, 2.75) is 30.6 Å². The molecule has 0 unspecified atom stereocenters. The van der Waals surface area contributed by atoms with Gasteiger partial charge in [0.15, 0.2) is 5.78 Å². The summed E-state index contributed by atoms with van der Waals surface area (Å²) in [5, 5.41) is 1.61. The number of likely N-dealkylation sites (N-methyl/N-ethyl adjacent to an activating group) is 1. The summed E-state index contributed by atoms with van der Waals surface area (Å²) in [5.74, 6) is 0.0655. The molecule has 0 spiro atoms. The zero-order valence-corrected chi connectivity index (χ0v) is 14.5. The van der Waals surface area contributed by atoms with E-state index in [1.807, 2.05) is 12.1 Å². The third kappa shape index (κ3) is 3.22. The first-order valence-electron chi connectivity index (χ1n) is 7.49. The molecule has 0 amide bonds. The molecular formula is C16H18N2O3S2. The first kappa shape index (κ1) is 16.3. The third-order valence-corrected chi connectivity index (χ3v) is 7.20. The number of thiophene rings is 1. The van der Waals surface area contributed by atoms with E-state index in [2.05, 4.69) is 4.98 Å². The second-order valence-electron chi connectivity index (χ2n) is 5.62. The van der Waals surface area contributed by atoms with Crippen molar-refractivity contribution in [3.63, 3.8) is 0 Å². The summed E-state index contributed by atoms with van der Waals surface area (Å²) >= 11 is 1.25. The predicted molar refractivity (Wildman–Crippen MR) is 89.3 cm³/mol. The number of rotatable bonds is 5. The van der Waals surface area contributed by atoms with Gasteiger partial charge >= 0.3 is 0 Å². The number of nitrogens with zero attached hydrogens (tertiary/aromatic N) is 2. The van der Waals surface area contributed by atoms with E-state index in [-0.39, 0.29) is 5.78 Å². The van der Waals surface area contributed by atoms with Gasteiger partial charge in [0.25, 0.3) is 0 Å². The normalized spacial score (nSPS) is 15.0. The number of hydrogen-bond acceptors (Lipinski definition) is 5. The van der Waals surface area contributed by atoms with Crippen LogP contribution in [0.15, 0.2) is 34.8 Å². The van der Waals surface area contributed by atoms with Crippen molar-refractivity contribution in [1.82, 2.24) is 9.29 Å². The highest BCUT2D eigenvalue weighted by atomic mass is 32.2. The maximum atomic E-state index is 12.8. The number of aromatic nitrogens is 1. The van der Waals surface area contributed by atoms with Gasteiger partial charge in [0.05, 0.1) is 9.77 Å². The topological polar surface area (TPSA) is 67.3 Å². The van der Waals surface area contributed by atoms with Crippen LogP contribution >= 0.6 is 11.3 Å². The molecule has 23 heavy (non-hydrogen) atoms. The number of Topliss-reactive ketones (excluding diaryl/α,β-unsaturated/α-hetero) is 1. The molecule has 5 nitrogen and oxygen atoms in total. The van der Waals surface area contributed by atoms with Crippen LogP contribution in [0.2, 0.25) is 0 Å². The Balaban J connectivity index is 1.80. The molecule has 0 aliphatic heterocycles. The van der Waals surface area contributed by atoms with E-state index in [1.165, 1.54) is 15.6 Å². The van der Waals surface area contributed by atoms with Gasteiger partial charge in [0, 0.05) is 37.8 Å². The van der Waals surface area contributed by atoms with Crippen molar-refractivity contribution in [2.24, 2.45) is 0 Å². The average Bonchev–Trinajstić information content (AvgIpc) is 2.99. The van der Waals surface area contributed by atoms with Crippen LogP contribution in [-0.4, -0.2) is 37.1 Å². The quantitative estimate of drug-likeness (QED) is 0.831. The molecular weight excluding hydrogens is 332 g/mol. The van der Waals surface area contributed by atoms with Crippen molar-refractivity contribution in [2.75, 3.05) is 13.6 Å². The number of sulfonamides is 1. The van der Waals surface area contributed by atoms with E-state index in [0.717, 1.165) is 12.0 Å². The Bertz CT molecular complexity index is 813. The maximum absolute atomic E-state index is 12.8. The van der Waals surface area contributed by atoms with Gasteiger partial charge in [-0.15, -0.1) is 11.3 Å². The first-order valence-corrected chi connectivity index (χ1v) is 9.81. The SMILES string of the molecule is CN(CCc1cccnc1)S(=O)(=O)c1csc2c1CCCC2=O. The smallest absolute Gasteiger partial charge is 0.243 e. The highest BCUT2D eigenvalue weighted by Gasteiger charge is 2.30. The Hall–Kier alpha value is -1.57. The van der Waals surface area contributed by atoms with Crippen LogP contribution in [-0.2, 0) is 22.9 Å². The molecule has 1 aliphatic carbocycles. The number of carbonyl (C=O) groups excluding carboxylic acids is 1. The minimum absolute atomic E-state index is 0.0655. The minimum Gasteiger partial charge on any atom is -0.293 e.